The predicted molar refractivity (Wildman–Crippen MR) is 168 cm³/mol. The van der Waals surface area contributed by atoms with E-state index in [0.717, 1.165) is 74.3 Å². The van der Waals surface area contributed by atoms with Crippen molar-refractivity contribution >= 4 is 49.8 Å². The fraction of sp³-hybridized carbons (Fsp3) is 0.0541. The highest BCUT2D eigenvalue weighted by Crippen LogP contribution is 2.41. The number of fused-ring (bicyclic) bond motifs is 8. The van der Waals surface area contributed by atoms with E-state index in [2.05, 4.69) is 130 Å². The molecule has 194 valence electrons. The molecule has 9 rings (SSSR count). The Kier molecular flexibility index (Phi) is 4.70. The summed E-state index contributed by atoms with van der Waals surface area (Å²) in [6, 6.07) is 40.7. The smallest absolute Gasteiger partial charge is 0.160 e. The van der Waals surface area contributed by atoms with Crippen LogP contribution in [0.2, 0.25) is 0 Å². The molecule has 0 atom stereocenters. The van der Waals surface area contributed by atoms with Crippen molar-refractivity contribution in [2.45, 2.75) is 12.8 Å². The first kappa shape index (κ1) is 22.5. The van der Waals surface area contributed by atoms with Gasteiger partial charge in [-0.3, -0.25) is 4.57 Å². The molecule has 0 saturated heterocycles. The van der Waals surface area contributed by atoms with E-state index in [9.17, 15) is 0 Å². The van der Waals surface area contributed by atoms with Crippen LogP contribution in [0.4, 0.5) is 0 Å². The quantitative estimate of drug-likeness (QED) is 0.229. The second kappa shape index (κ2) is 8.57. The molecule has 3 aromatic heterocycles. The van der Waals surface area contributed by atoms with Crippen LogP contribution >= 0.6 is 0 Å². The van der Waals surface area contributed by atoms with Gasteiger partial charge >= 0.3 is 0 Å². The van der Waals surface area contributed by atoms with Crippen LogP contribution in [0.5, 0.6) is 0 Å². The number of para-hydroxylation sites is 3. The van der Waals surface area contributed by atoms with E-state index in [1.54, 1.807) is 0 Å². The molecule has 0 N–H and O–H groups in total. The van der Waals surface area contributed by atoms with Crippen molar-refractivity contribution in [2.24, 2.45) is 0 Å². The number of benzene rings is 5. The van der Waals surface area contributed by atoms with Gasteiger partial charge in [0.2, 0.25) is 0 Å². The van der Waals surface area contributed by atoms with Crippen LogP contribution < -0.4 is 0 Å². The summed E-state index contributed by atoms with van der Waals surface area (Å²) >= 11 is 0. The van der Waals surface area contributed by atoms with Crippen molar-refractivity contribution in [2.75, 3.05) is 0 Å². The topological polar surface area (TPSA) is 35.9 Å². The summed E-state index contributed by atoms with van der Waals surface area (Å²) < 4.78 is 11.2. The zero-order chi connectivity index (χ0) is 26.9. The average Bonchev–Trinajstić information content (AvgIpc) is 3.71. The molecule has 0 radical (unpaired) electrons. The van der Waals surface area contributed by atoms with Gasteiger partial charge in [-0.2, -0.15) is 0 Å². The van der Waals surface area contributed by atoms with Crippen LogP contribution in [0.1, 0.15) is 17.8 Å². The summed E-state index contributed by atoms with van der Waals surface area (Å²) in [5, 5.41) is 4.66. The van der Waals surface area contributed by atoms with Crippen molar-refractivity contribution in [1.82, 2.24) is 14.1 Å². The van der Waals surface area contributed by atoms with Gasteiger partial charge in [-0.25, -0.2) is 4.98 Å². The summed E-state index contributed by atoms with van der Waals surface area (Å²) in [6.45, 7) is 0. The second-order valence-electron chi connectivity index (χ2n) is 10.7. The van der Waals surface area contributed by atoms with E-state index in [0.29, 0.717) is 0 Å². The second-order valence-corrected chi connectivity index (χ2v) is 10.7. The minimum atomic E-state index is 0.907. The third kappa shape index (κ3) is 3.25. The molecule has 0 saturated carbocycles. The van der Waals surface area contributed by atoms with Gasteiger partial charge in [0.05, 0.1) is 22.4 Å². The molecule has 0 unspecified atom stereocenters. The Morgan fingerprint density at radius 1 is 0.634 bits per heavy atom. The van der Waals surface area contributed by atoms with Gasteiger partial charge in [-0.1, -0.05) is 78.9 Å². The van der Waals surface area contributed by atoms with E-state index in [4.69, 9.17) is 9.40 Å². The minimum Gasteiger partial charge on any atom is -0.454 e. The number of furan rings is 1. The Morgan fingerprint density at radius 3 is 2.34 bits per heavy atom. The van der Waals surface area contributed by atoms with E-state index in [-0.39, 0.29) is 0 Å². The normalized spacial score (nSPS) is 13.1. The zero-order valence-electron chi connectivity index (χ0n) is 22.3. The zero-order valence-corrected chi connectivity index (χ0v) is 22.3. The molecular weight excluding hydrogens is 502 g/mol. The van der Waals surface area contributed by atoms with Crippen LogP contribution in [0, 0.1) is 0 Å². The lowest BCUT2D eigenvalue weighted by atomic mass is 10.1. The highest BCUT2D eigenvalue weighted by molar-refractivity contribution is 6.21. The summed E-state index contributed by atoms with van der Waals surface area (Å²) in [5.41, 5.74) is 9.68. The van der Waals surface area contributed by atoms with E-state index in [1.165, 1.54) is 16.5 Å². The number of hydrogen-bond acceptors (Lipinski definition) is 2. The molecule has 1 aliphatic carbocycles. The van der Waals surface area contributed by atoms with Gasteiger partial charge in [0.15, 0.2) is 5.58 Å². The Labute approximate surface area is 236 Å². The van der Waals surface area contributed by atoms with Crippen LogP contribution in [0.3, 0.4) is 0 Å². The van der Waals surface area contributed by atoms with Gasteiger partial charge < -0.3 is 8.98 Å². The Hall–Kier alpha value is -5.35. The van der Waals surface area contributed by atoms with Crippen molar-refractivity contribution in [3.05, 3.63) is 133 Å². The van der Waals surface area contributed by atoms with Gasteiger partial charge in [-0.05, 0) is 61.4 Å². The van der Waals surface area contributed by atoms with Crippen molar-refractivity contribution in [1.29, 1.82) is 0 Å². The average molecular weight is 528 g/mol. The van der Waals surface area contributed by atoms with Crippen molar-refractivity contribution < 1.29 is 4.42 Å². The molecule has 8 aromatic rings. The first-order valence-electron chi connectivity index (χ1n) is 14.1. The number of allylic oxidation sites excluding steroid dienone is 1. The third-order valence-corrected chi connectivity index (χ3v) is 8.38. The maximum atomic E-state index is 6.56. The van der Waals surface area contributed by atoms with E-state index >= 15 is 0 Å². The molecule has 0 fully saturated rings. The molecule has 1 aliphatic rings. The van der Waals surface area contributed by atoms with E-state index < -0.39 is 0 Å². The van der Waals surface area contributed by atoms with Crippen LogP contribution in [-0.2, 0) is 6.42 Å². The van der Waals surface area contributed by atoms with Crippen molar-refractivity contribution in [3.63, 3.8) is 0 Å². The fourth-order valence-electron chi connectivity index (χ4n) is 6.59. The molecule has 4 heteroatoms. The molecule has 4 nitrogen and oxygen atoms in total. The summed E-state index contributed by atoms with van der Waals surface area (Å²) in [5.74, 6) is 0.962. The molecule has 0 aliphatic heterocycles. The van der Waals surface area contributed by atoms with Gasteiger partial charge in [0.1, 0.15) is 11.4 Å². The highest BCUT2D eigenvalue weighted by Gasteiger charge is 2.22. The third-order valence-electron chi connectivity index (χ3n) is 8.38. The van der Waals surface area contributed by atoms with Crippen LogP contribution in [-0.4, -0.2) is 14.1 Å². The Morgan fingerprint density at radius 2 is 1.41 bits per heavy atom. The predicted octanol–water partition coefficient (Wildman–Crippen LogP) is 9.50. The van der Waals surface area contributed by atoms with Crippen LogP contribution in [0.25, 0.3) is 72.6 Å². The van der Waals surface area contributed by atoms with Gasteiger partial charge in [0.25, 0.3) is 0 Å². The summed E-state index contributed by atoms with van der Waals surface area (Å²) in [4.78, 5) is 5.17. The van der Waals surface area contributed by atoms with Gasteiger partial charge in [-0.15, -0.1) is 0 Å². The summed E-state index contributed by atoms with van der Waals surface area (Å²) in [7, 11) is 0. The largest absolute Gasteiger partial charge is 0.454 e. The first-order chi connectivity index (χ1) is 20.3. The lowest BCUT2D eigenvalue weighted by Gasteiger charge is -2.14. The standard InChI is InChI=1S/C37H25N3O/c1-2-12-25(13-3-1)40-33-19-8-6-17-31(33)38-37(40)24-11-10-14-26(23-24)39-32-18-7-4-15-27(32)29-21-22-30-28-16-5-9-20-34(28)41-36(30)35(29)39/h1-7,9-18,20-23H,8,19H2. The summed E-state index contributed by atoms with van der Waals surface area (Å²) in [6.07, 6.45) is 6.39. The maximum absolute atomic E-state index is 6.56. The Bertz CT molecular complexity index is 2310. The highest BCUT2D eigenvalue weighted by atomic mass is 16.3. The fourth-order valence-corrected chi connectivity index (χ4v) is 6.59. The Balaban J connectivity index is 1.34. The van der Waals surface area contributed by atoms with Gasteiger partial charge in [0, 0.05) is 38.5 Å². The molecular formula is C37H25N3O. The van der Waals surface area contributed by atoms with Crippen LogP contribution in [0.15, 0.2) is 126 Å². The first-order valence-corrected chi connectivity index (χ1v) is 14.1. The number of nitrogens with zero attached hydrogens (tertiary/aromatic N) is 3. The number of imidazole rings is 1. The van der Waals surface area contributed by atoms with Crippen molar-refractivity contribution in [3.8, 4) is 22.8 Å². The maximum Gasteiger partial charge on any atom is 0.160 e. The molecule has 3 heterocycles. The number of hydrogen-bond donors (Lipinski definition) is 0. The SMILES string of the molecule is C1=Cc2nc(-c3cccc(-n4c5ccccc5c5ccc6c7ccccc7oc6c54)c3)n(-c3ccccc3)c2CC1. The molecule has 0 amide bonds. The van der Waals surface area contributed by atoms with E-state index in [1.807, 2.05) is 6.07 Å². The monoisotopic (exact) mass is 527 g/mol. The molecule has 0 bridgehead atoms. The minimum absolute atomic E-state index is 0.907. The lowest BCUT2D eigenvalue weighted by molar-refractivity contribution is 0.671. The molecule has 5 aromatic carbocycles. The molecule has 41 heavy (non-hydrogen) atoms. The number of rotatable bonds is 3. The lowest BCUT2D eigenvalue weighted by Crippen LogP contribution is -2.04. The molecule has 0 spiro atoms. The number of aromatic nitrogens is 3.